The fourth-order valence-corrected chi connectivity index (χ4v) is 4.66. The minimum absolute atomic E-state index is 0.589. The maximum Gasteiger partial charge on any atom is 0.0707 e. The molecule has 0 unspecified atom stereocenters. The topological polar surface area (TPSA) is 12.9 Å². The van der Waals surface area contributed by atoms with E-state index >= 15 is 0 Å². The van der Waals surface area contributed by atoms with Crippen molar-refractivity contribution in [3.8, 4) is 11.1 Å². The highest BCUT2D eigenvalue weighted by Crippen LogP contribution is 2.40. The summed E-state index contributed by atoms with van der Waals surface area (Å²) in [5.41, 5.74) is 6.54. The van der Waals surface area contributed by atoms with E-state index in [1.807, 2.05) is 31.2 Å². The molecule has 1 aromatic heterocycles. The largest absolute Gasteiger partial charge is 0.253 e. The summed E-state index contributed by atoms with van der Waals surface area (Å²) >= 11 is 0. The summed E-state index contributed by atoms with van der Waals surface area (Å²) < 4.78 is 14.5. The Morgan fingerprint density at radius 2 is 1.55 bits per heavy atom. The first kappa shape index (κ1) is 19.4. The maximum atomic E-state index is 14.5. The van der Waals surface area contributed by atoms with Crippen molar-refractivity contribution in [2.24, 2.45) is 0 Å². The first-order valence-electron chi connectivity index (χ1n) is 9.64. The Bertz CT molecular complexity index is 1270. The molecule has 1 heterocycles. The average molecular weight is 402 g/mol. The number of para-hydroxylation sites is 1. The molecule has 0 fully saturated rings. The minimum atomic E-state index is -2.77. The van der Waals surface area contributed by atoms with Crippen LogP contribution < -0.4 is 0 Å². The lowest BCUT2D eigenvalue weighted by molar-refractivity contribution is 0.927. The third-order valence-corrected chi connectivity index (χ3v) is 6.30. The van der Waals surface area contributed by atoms with E-state index in [0.717, 1.165) is 35.2 Å². The molecule has 4 aromatic rings. The van der Waals surface area contributed by atoms with Crippen LogP contribution in [-0.2, 0) is 12.8 Å². The molecule has 0 spiro atoms. The Morgan fingerprint density at radius 3 is 2.31 bits per heavy atom. The third-order valence-electron chi connectivity index (χ3n) is 5.16. The standard InChI is InChI=1S/C26H24FNS/c1-19-18-22(23-8-4-6-10-25(23)28-19)17-14-20-12-15-21(16-13-20)24-9-5-7-11-26(24)29(2,3)27/h4-13,15-16,18H,2-3,14,17H2,1H3. The van der Waals surface area contributed by atoms with Gasteiger partial charge in [-0.25, -0.2) is 0 Å². The number of halogens is 1. The zero-order valence-electron chi connectivity index (χ0n) is 16.6. The summed E-state index contributed by atoms with van der Waals surface area (Å²) in [7, 11) is -2.77. The number of aryl methyl sites for hydroxylation is 3. The number of benzene rings is 3. The van der Waals surface area contributed by atoms with Crippen LogP contribution in [-0.4, -0.2) is 16.7 Å². The van der Waals surface area contributed by atoms with Crippen LogP contribution in [0.3, 0.4) is 0 Å². The lowest BCUT2D eigenvalue weighted by atomic mass is 9.98. The number of rotatable bonds is 5. The molecule has 0 bridgehead atoms. The average Bonchev–Trinajstić information content (AvgIpc) is 2.71. The SMILES string of the molecule is C=S(=C)(F)c1ccccc1-c1ccc(CCc2cc(C)nc3ccccc23)cc1. The predicted octanol–water partition coefficient (Wildman–Crippen LogP) is 6.91. The van der Waals surface area contributed by atoms with E-state index in [9.17, 15) is 3.89 Å². The highest BCUT2D eigenvalue weighted by atomic mass is 32.2. The van der Waals surface area contributed by atoms with Gasteiger partial charge < -0.3 is 0 Å². The summed E-state index contributed by atoms with van der Waals surface area (Å²) in [6, 6.07) is 26.4. The van der Waals surface area contributed by atoms with Gasteiger partial charge in [0, 0.05) is 16.0 Å². The van der Waals surface area contributed by atoms with E-state index in [0.29, 0.717) is 4.90 Å². The molecule has 0 saturated heterocycles. The molecule has 0 aliphatic rings. The molecule has 0 atom stereocenters. The van der Waals surface area contributed by atoms with Crippen LogP contribution >= 0.6 is 9.59 Å². The summed E-state index contributed by atoms with van der Waals surface area (Å²) in [5.74, 6) is 7.28. The molecule has 4 rings (SSSR count). The van der Waals surface area contributed by atoms with Gasteiger partial charge in [-0.3, -0.25) is 4.98 Å². The van der Waals surface area contributed by atoms with Crippen molar-refractivity contribution in [3.05, 3.63) is 95.7 Å². The van der Waals surface area contributed by atoms with Crippen molar-refractivity contribution in [1.29, 1.82) is 0 Å². The molecule has 0 N–H and O–H groups in total. The van der Waals surface area contributed by atoms with Gasteiger partial charge in [0.25, 0.3) is 0 Å². The molecule has 0 saturated carbocycles. The number of pyridine rings is 1. The minimum Gasteiger partial charge on any atom is -0.253 e. The fourth-order valence-electron chi connectivity index (χ4n) is 3.76. The Morgan fingerprint density at radius 1 is 0.862 bits per heavy atom. The van der Waals surface area contributed by atoms with Gasteiger partial charge in [0.05, 0.1) is 5.52 Å². The Balaban J connectivity index is 1.58. The summed E-state index contributed by atoms with van der Waals surface area (Å²) in [5, 5.41) is 1.22. The number of nitrogens with zero attached hydrogens (tertiary/aromatic N) is 1. The molecule has 1 nitrogen and oxygen atoms in total. The lowest BCUT2D eigenvalue weighted by Crippen LogP contribution is -1.96. The molecule has 3 heteroatoms. The maximum absolute atomic E-state index is 14.5. The highest BCUT2D eigenvalue weighted by Gasteiger charge is 2.09. The van der Waals surface area contributed by atoms with E-state index in [1.54, 1.807) is 6.07 Å². The monoisotopic (exact) mass is 401 g/mol. The first-order valence-corrected chi connectivity index (χ1v) is 11.5. The first-order chi connectivity index (χ1) is 13.9. The molecule has 29 heavy (non-hydrogen) atoms. The molecule has 0 aliphatic carbocycles. The van der Waals surface area contributed by atoms with E-state index < -0.39 is 9.59 Å². The Hall–Kier alpha value is -2.91. The van der Waals surface area contributed by atoms with Crippen LogP contribution in [0, 0.1) is 6.92 Å². The molecule has 3 aromatic carbocycles. The normalized spacial score (nSPS) is 11.7. The van der Waals surface area contributed by atoms with Crippen LogP contribution in [0.25, 0.3) is 22.0 Å². The highest BCUT2D eigenvalue weighted by molar-refractivity contribution is 8.23. The predicted molar refractivity (Wildman–Crippen MR) is 127 cm³/mol. The van der Waals surface area contributed by atoms with Gasteiger partial charge in [-0.1, -0.05) is 60.7 Å². The number of hydrogen-bond acceptors (Lipinski definition) is 1. The van der Waals surface area contributed by atoms with E-state index in [-0.39, 0.29) is 0 Å². The zero-order valence-corrected chi connectivity index (χ0v) is 17.4. The smallest absolute Gasteiger partial charge is 0.0707 e. The lowest BCUT2D eigenvalue weighted by Gasteiger charge is -2.12. The fraction of sp³-hybridized carbons (Fsp3) is 0.115. The quantitative estimate of drug-likeness (QED) is 0.331. The van der Waals surface area contributed by atoms with Crippen LogP contribution in [0.1, 0.15) is 16.8 Å². The third kappa shape index (κ3) is 4.25. The second kappa shape index (κ2) is 7.84. The van der Waals surface area contributed by atoms with Gasteiger partial charge in [0.1, 0.15) is 0 Å². The molecule has 0 radical (unpaired) electrons. The second-order valence-corrected chi connectivity index (χ2v) is 9.44. The summed E-state index contributed by atoms with van der Waals surface area (Å²) in [6.45, 7) is 2.04. The van der Waals surface area contributed by atoms with Crippen LogP contribution in [0.15, 0.2) is 83.8 Å². The van der Waals surface area contributed by atoms with Gasteiger partial charge in [0.2, 0.25) is 0 Å². The molecule has 0 amide bonds. The van der Waals surface area contributed by atoms with E-state index in [4.69, 9.17) is 0 Å². The van der Waals surface area contributed by atoms with Crippen molar-refractivity contribution in [2.45, 2.75) is 24.7 Å². The van der Waals surface area contributed by atoms with E-state index in [1.165, 1.54) is 16.5 Å². The van der Waals surface area contributed by atoms with Gasteiger partial charge in [-0.15, -0.1) is 0 Å². The molecule has 0 aliphatic heterocycles. The van der Waals surface area contributed by atoms with Crippen molar-refractivity contribution >= 4 is 32.2 Å². The number of hydrogen-bond donors (Lipinski definition) is 0. The molecular weight excluding hydrogens is 377 g/mol. The molecule has 146 valence electrons. The van der Waals surface area contributed by atoms with Gasteiger partial charge in [-0.05, 0) is 81.6 Å². The molecular formula is C26H24FNS. The van der Waals surface area contributed by atoms with Crippen molar-refractivity contribution < 1.29 is 3.89 Å². The van der Waals surface area contributed by atoms with E-state index in [2.05, 4.69) is 65.3 Å². The Labute approximate surface area is 172 Å². The van der Waals surface area contributed by atoms with Gasteiger partial charge >= 0.3 is 0 Å². The zero-order chi connectivity index (χ0) is 20.4. The van der Waals surface area contributed by atoms with Crippen LogP contribution in [0.4, 0.5) is 3.89 Å². The van der Waals surface area contributed by atoms with Crippen LogP contribution in [0.2, 0.25) is 0 Å². The van der Waals surface area contributed by atoms with Crippen molar-refractivity contribution in [1.82, 2.24) is 4.98 Å². The summed E-state index contributed by atoms with van der Waals surface area (Å²) in [4.78, 5) is 5.21. The van der Waals surface area contributed by atoms with Crippen molar-refractivity contribution in [3.63, 3.8) is 0 Å². The van der Waals surface area contributed by atoms with Crippen molar-refractivity contribution in [2.75, 3.05) is 0 Å². The summed E-state index contributed by atoms with van der Waals surface area (Å²) in [6.07, 6.45) is 1.90. The second-order valence-electron chi connectivity index (χ2n) is 7.42. The van der Waals surface area contributed by atoms with Gasteiger partial charge in [-0.2, -0.15) is 3.89 Å². The number of fused-ring (bicyclic) bond motifs is 1. The van der Waals surface area contributed by atoms with Gasteiger partial charge in [0.15, 0.2) is 0 Å². The number of aromatic nitrogens is 1. The van der Waals surface area contributed by atoms with Crippen LogP contribution in [0.5, 0.6) is 0 Å². The Kier molecular flexibility index (Phi) is 5.25.